The third-order valence-electron chi connectivity index (χ3n) is 10.2. The Morgan fingerprint density at radius 2 is 1.07 bits per heavy atom. The van der Waals surface area contributed by atoms with Crippen LogP contribution in [0.25, 0.3) is 33.4 Å². The Hall–Kier alpha value is -4.10. The number of benzene rings is 5. The summed E-state index contributed by atoms with van der Waals surface area (Å²) < 4.78 is 0. The van der Waals surface area contributed by atoms with Crippen LogP contribution in [0.5, 0.6) is 0 Å². The fourth-order valence-corrected chi connectivity index (χ4v) is 7.38. The predicted molar refractivity (Wildman–Crippen MR) is 180 cm³/mol. The predicted octanol–water partition coefficient (Wildman–Crippen LogP) is 11.4. The Morgan fingerprint density at radius 3 is 1.81 bits per heavy atom. The molecule has 0 heterocycles. The van der Waals surface area contributed by atoms with Gasteiger partial charge in [-0.25, -0.2) is 0 Å². The van der Waals surface area contributed by atoms with Crippen LogP contribution in [0.2, 0.25) is 0 Å². The van der Waals surface area contributed by atoms with Crippen molar-refractivity contribution in [2.24, 2.45) is 0 Å². The van der Waals surface area contributed by atoms with Crippen molar-refractivity contribution in [3.8, 4) is 33.4 Å². The Morgan fingerprint density at radius 1 is 0.452 bits per heavy atom. The zero-order chi connectivity index (χ0) is 29.3. The Bertz CT molecular complexity index is 1800. The van der Waals surface area contributed by atoms with Gasteiger partial charge in [0.15, 0.2) is 0 Å². The lowest BCUT2D eigenvalue weighted by Crippen LogP contribution is -2.33. The second kappa shape index (κ2) is 9.46. The number of rotatable bonds is 4. The number of nitrogens with one attached hydrogen (secondary N) is 1. The number of hydrogen-bond acceptors (Lipinski definition) is 1. The molecule has 0 amide bonds. The molecule has 0 spiro atoms. The van der Waals surface area contributed by atoms with Gasteiger partial charge in [0, 0.05) is 22.4 Å². The molecule has 0 atom stereocenters. The molecule has 0 unspecified atom stereocenters. The molecule has 1 nitrogen and oxygen atoms in total. The van der Waals surface area contributed by atoms with Crippen LogP contribution in [0.1, 0.15) is 76.6 Å². The summed E-state index contributed by atoms with van der Waals surface area (Å²) in [6, 6.07) is 40.6. The molecule has 5 aromatic rings. The molecule has 0 saturated heterocycles. The van der Waals surface area contributed by atoms with Crippen molar-refractivity contribution in [2.75, 3.05) is 5.32 Å². The first-order valence-electron chi connectivity index (χ1n) is 15.4. The lowest BCUT2D eigenvalue weighted by Gasteiger charge is -2.42. The molecule has 1 heteroatoms. The maximum Gasteiger partial charge on any atom is 0.0467 e. The van der Waals surface area contributed by atoms with Crippen molar-refractivity contribution in [1.82, 2.24) is 0 Å². The van der Waals surface area contributed by atoms with Gasteiger partial charge in [0.2, 0.25) is 0 Å². The Balaban J connectivity index is 1.32. The van der Waals surface area contributed by atoms with Crippen LogP contribution in [-0.4, -0.2) is 0 Å². The molecule has 1 N–H and O–H groups in total. The zero-order valence-electron chi connectivity index (χ0n) is 25.8. The maximum atomic E-state index is 3.76. The van der Waals surface area contributed by atoms with Crippen molar-refractivity contribution in [1.29, 1.82) is 0 Å². The Labute approximate surface area is 251 Å². The van der Waals surface area contributed by atoms with Gasteiger partial charge in [-0.1, -0.05) is 126 Å². The summed E-state index contributed by atoms with van der Waals surface area (Å²) >= 11 is 0. The largest absolute Gasteiger partial charge is 0.355 e. The topological polar surface area (TPSA) is 12.0 Å². The highest BCUT2D eigenvalue weighted by Gasteiger charge is 2.38. The minimum absolute atomic E-state index is 0.0454. The van der Waals surface area contributed by atoms with Crippen LogP contribution in [0.4, 0.5) is 11.4 Å². The second-order valence-corrected chi connectivity index (χ2v) is 14.2. The van der Waals surface area contributed by atoms with Crippen molar-refractivity contribution in [3.63, 3.8) is 0 Å². The van der Waals surface area contributed by atoms with Crippen LogP contribution < -0.4 is 5.32 Å². The number of hydrogen-bond donors (Lipinski definition) is 1. The van der Waals surface area contributed by atoms with Crippen molar-refractivity contribution >= 4 is 11.4 Å². The van der Waals surface area contributed by atoms with E-state index in [9.17, 15) is 0 Å². The Kier molecular flexibility index (Phi) is 6.03. The SMILES string of the molecule is CC1(C)CCC(C)(C)c2cc(-c3ccc(-c4cc5c(cc4Nc4ccccc4)C(C)(C)c4ccccc4-5)cc3)ccc21. The molecular weight excluding hydrogens is 506 g/mol. The molecule has 2 aliphatic rings. The summed E-state index contributed by atoms with van der Waals surface area (Å²) in [5.74, 6) is 0. The lowest BCUT2D eigenvalue weighted by atomic mass is 9.63. The average Bonchev–Trinajstić information content (AvgIpc) is 3.21. The van der Waals surface area contributed by atoms with Crippen LogP contribution in [0.3, 0.4) is 0 Å². The van der Waals surface area contributed by atoms with E-state index >= 15 is 0 Å². The molecular formula is C41H41N. The lowest BCUT2D eigenvalue weighted by molar-refractivity contribution is 0.332. The number of anilines is 2. The minimum Gasteiger partial charge on any atom is -0.355 e. The second-order valence-electron chi connectivity index (χ2n) is 14.2. The smallest absolute Gasteiger partial charge is 0.0467 e. The van der Waals surface area contributed by atoms with Gasteiger partial charge in [-0.15, -0.1) is 0 Å². The van der Waals surface area contributed by atoms with Gasteiger partial charge in [0.1, 0.15) is 0 Å². The highest BCUT2D eigenvalue weighted by molar-refractivity contribution is 5.91. The fourth-order valence-electron chi connectivity index (χ4n) is 7.38. The first-order chi connectivity index (χ1) is 20.0. The molecule has 7 rings (SSSR count). The summed E-state index contributed by atoms with van der Waals surface area (Å²) in [4.78, 5) is 0. The molecule has 0 fully saturated rings. The summed E-state index contributed by atoms with van der Waals surface area (Å²) in [5.41, 5.74) is 16.1. The quantitative estimate of drug-likeness (QED) is 0.236. The highest BCUT2D eigenvalue weighted by atomic mass is 14.9. The van der Waals surface area contributed by atoms with Crippen LogP contribution in [0.15, 0.2) is 109 Å². The molecule has 0 aromatic heterocycles. The van der Waals surface area contributed by atoms with Gasteiger partial charge in [-0.05, 0) is 98.0 Å². The van der Waals surface area contributed by atoms with E-state index in [2.05, 4.69) is 156 Å². The molecule has 5 aromatic carbocycles. The standard InChI is InChI=1S/C41H41N/c1-39(2)22-23-40(3,4)37-24-29(20-21-35(37)39)27-16-18-28(19-17-27)32-25-33-31-14-10-11-15-34(31)41(5,6)36(33)26-38(32)42-30-12-8-7-9-13-30/h7-21,24-26,42H,22-23H2,1-6H3. The van der Waals surface area contributed by atoms with E-state index in [1.165, 1.54) is 68.5 Å². The maximum absolute atomic E-state index is 3.76. The molecule has 0 aliphatic heterocycles. The number of fused-ring (bicyclic) bond motifs is 4. The first kappa shape index (κ1) is 26.8. The van der Waals surface area contributed by atoms with Crippen LogP contribution in [0, 0.1) is 0 Å². The first-order valence-corrected chi connectivity index (χ1v) is 15.4. The van der Waals surface area contributed by atoms with Gasteiger partial charge in [0.25, 0.3) is 0 Å². The van der Waals surface area contributed by atoms with Crippen molar-refractivity contribution in [3.05, 3.63) is 131 Å². The van der Waals surface area contributed by atoms with Crippen LogP contribution >= 0.6 is 0 Å². The van der Waals surface area contributed by atoms with E-state index in [1.807, 2.05) is 0 Å². The van der Waals surface area contributed by atoms with E-state index in [0.717, 1.165) is 11.4 Å². The third-order valence-corrected chi connectivity index (χ3v) is 10.2. The van der Waals surface area contributed by atoms with Gasteiger partial charge in [0.05, 0.1) is 0 Å². The molecule has 0 saturated carbocycles. The zero-order valence-corrected chi connectivity index (χ0v) is 25.8. The fraction of sp³-hybridized carbons (Fsp3) is 0.268. The molecule has 210 valence electrons. The summed E-state index contributed by atoms with van der Waals surface area (Å²) in [5, 5.41) is 3.76. The highest BCUT2D eigenvalue weighted by Crippen LogP contribution is 2.52. The normalized spacial score (nSPS) is 17.2. The van der Waals surface area contributed by atoms with E-state index in [1.54, 1.807) is 0 Å². The minimum atomic E-state index is -0.0454. The van der Waals surface area contributed by atoms with Gasteiger partial charge >= 0.3 is 0 Å². The van der Waals surface area contributed by atoms with E-state index in [-0.39, 0.29) is 16.2 Å². The summed E-state index contributed by atoms with van der Waals surface area (Å²) in [6.07, 6.45) is 2.47. The summed E-state index contributed by atoms with van der Waals surface area (Å²) in [7, 11) is 0. The molecule has 2 aliphatic carbocycles. The summed E-state index contributed by atoms with van der Waals surface area (Å²) in [6.45, 7) is 14.3. The van der Waals surface area contributed by atoms with Crippen LogP contribution in [-0.2, 0) is 16.2 Å². The average molecular weight is 548 g/mol. The van der Waals surface area contributed by atoms with Gasteiger partial charge in [-0.2, -0.15) is 0 Å². The van der Waals surface area contributed by atoms with Crippen molar-refractivity contribution in [2.45, 2.75) is 70.6 Å². The van der Waals surface area contributed by atoms with Crippen molar-refractivity contribution < 1.29 is 0 Å². The number of para-hydroxylation sites is 1. The third kappa shape index (κ3) is 4.29. The van der Waals surface area contributed by atoms with E-state index < -0.39 is 0 Å². The molecule has 42 heavy (non-hydrogen) atoms. The van der Waals surface area contributed by atoms with E-state index in [4.69, 9.17) is 0 Å². The molecule has 0 radical (unpaired) electrons. The van der Waals surface area contributed by atoms with E-state index in [0.29, 0.717) is 0 Å². The molecule has 0 bridgehead atoms. The van der Waals surface area contributed by atoms with Gasteiger partial charge in [-0.3, -0.25) is 0 Å². The monoisotopic (exact) mass is 547 g/mol. The van der Waals surface area contributed by atoms with Gasteiger partial charge < -0.3 is 5.32 Å².